The first kappa shape index (κ1) is 11.3. The van der Waals surface area contributed by atoms with Gasteiger partial charge in [-0.1, -0.05) is 17.3 Å². The Hall–Kier alpha value is -1.75. The number of nitrogens with zero attached hydrogens (tertiary/aromatic N) is 3. The van der Waals surface area contributed by atoms with Crippen molar-refractivity contribution in [2.24, 2.45) is 7.05 Å². The van der Waals surface area contributed by atoms with E-state index < -0.39 is 0 Å². The van der Waals surface area contributed by atoms with Crippen molar-refractivity contribution in [3.05, 3.63) is 47.5 Å². The molecule has 0 aliphatic carbocycles. The van der Waals surface area contributed by atoms with Gasteiger partial charge in [-0.05, 0) is 17.7 Å². The van der Waals surface area contributed by atoms with Crippen LogP contribution in [0.4, 0.5) is 4.39 Å². The summed E-state index contributed by atoms with van der Waals surface area (Å²) in [6.07, 6.45) is 2.71. The van der Waals surface area contributed by atoms with E-state index in [4.69, 9.17) is 0 Å². The smallest absolute Gasteiger partial charge is 0.123 e. The van der Waals surface area contributed by atoms with Gasteiger partial charge in [0, 0.05) is 38.2 Å². The topological polar surface area (TPSA) is 42.7 Å². The molecule has 1 saturated heterocycles. The SMILES string of the molecule is Cn1cc(CC2(c3cccc(F)c3)CNC2)nn1. The van der Waals surface area contributed by atoms with Gasteiger partial charge in [0.1, 0.15) is 5.82 Å². The number of nitrogens with one attached hydrogen (secondary N) is 1. The highest BCUT2D eigenvalue weighted by Gasteiger charge is 2.39. The first-order valence-electron chi connectivity index (χ1n) is 6.00. The number of halogens is 1. The summed E-state index contributed by atoms with van der Waals surface area (Å²) >= 11 is 0. The van der Waals surface area contributed by atoms with Crippen molar-refractivity contribution < 1.29 is 4.39 Å². The molecule has 4 nitrogen and oxygen atoms in total. The number of rotatable bonds is 3. The van der Waals surface area contributed by atoms with Gasteiger partial charge in [0.25, 0.3) is 0 Å². The van der Waals surface area contributed by atoms with Crippen LogP contribution in [-0.2, 0) is 18.9 Å². The van der Waals surface area contributed by atoms with E-state index in [1.807, 2.05) is 19.3 Å². The van der Waals surface area contributed by atoms with Gasteiger partial charge >= 0.3 is 0 Å². The minimum absolute atomic E-state index is 0.0435. The van der Waals surface area contributed by atoms with Crippen molar-refractivity contribution in [2.75, 3.05) is 13.1 Å². The molecule has 0 radical (unpaired) electrons. The maximum absolute atomic E-state index is 13.3. The molecule has 1 N–H and O–H groups in total. The molecular formula is C13H15FN4. The van der Waals surface area contributed by atoms with Crippen LogP contribution in [0.15, 0.2) is 30.5 Å². The normalized spacial score (nSPS) is 17.4. The van der Waals surface area contributed by atoms with Crippen LogP contribution < -0.4 is 5.32 Å². The lowest BCUT2D eigenvalue weighted by Gasteiger charge is -2.43. The molecule has 18 heavy (non-hydrogen) atoms. The fourth-order valence-corrected chi connectivity index (χ4v) is 2.50. The van der Waals surface area contributed by atoms with Gasteiger partial charge in [-0.15, -0.1) is 5.10 Å². The zero-order valence-electron chi connectivity index (χ0n) is 10.2. The molecule has 94 valence electrons. The molecule has 3 rings (SSSR count). The number of hydrogen-bond donors (Lipinski definition) is 1. The summed E-state index contributed by atoms with van der Waals surface area (Å²) in [6, 6.07) is 6.85. The lowest BCUT2D eigenvalue weighted by molar-refractivity contribution is 0.271. The van der Waals surface area contributed by atoms with Crippen LogP contribution >= 0.6 is 0 Å². The van der Waals surface area contributed by atoms with Crippen LogP contribution in [0.2, 0.25) is 0 Å². The van der Waals surface area contributed by atoms with Crippen molar-refractivity contribution in [2.45, 2.75) is 11.8 Å². The fourth-order valence-electron chi connectivity index (χ4n) is 2.50. The Bertz CT molecular complexity index is 560. The molecule has 1 aliphatic rings. The molecule has 1 fully saturated rings. The second-order valence-corrected chi connectivity index (χ2v) is 4.95. The van der Waals surface area contributed by atoms with Gasteiger partial charge < -0.3 is 5.32 Å². The Balaban J connectivity index is 1.90. The molecule has 0 amide bonds. The number of hydrogen-bond acceptors (Lipinski definition) is 3. The molecule has 1 aliphatic heterocycles. The Morgan fingerprint density at radius 2 is 2.28 bits per heavy atom. The van der Waals surface area contributed by atoms with Crippen molar-refractivity contribution in [1.82, 2.24) is 20.3 Å². The molecule has 2 aromatic rings. The predicted molar refractivity (Wildman–Crippen MR) is 65.7 cm³/mol. The van der Waals surface area contributed by atoms with E-state index >= 15 is 0 Å². The van der Waals surface area contributed by atoms with E-state index in [-0.39, 0.29) is 11.2 Å². The summed E-state index contributed by atoms with van der Waals surface area (Å²) < 4.78 is 15.0. The van der Waals surface area contributed by atoms with Crippen LogP contribution in [-0.4, -0.2) is 28.1 Å². The first-order chi connectivity index (χ1) is 8.68. The minimum Gasteiger partial charge on any atom is -0.315 e. The molecular weight excluding hydrogens is 231 g/mol. The summed E-state index contributed by atoms with van der Waals surface area (Å²) in [4.78, 5) is 0. The monoisotopic (exact) mass is 246 g/mol. The van der Waals surface area contributed by atoms with Crippen molar-refractivity contribution >= 4 is 0 Å². The molecule has 0 spiro atoms. The van der Waals surface area contributed by atoms with Gasteiger partial charge in [-0.25, -0.2) is 4.39 Å². The third-order valence-corrected chi connectivity index (χ3v) is 3.53. The van der Waals surface area contributed by atoms with Gasteiger partial charge in [-0.2, -0.15) is 0 Å². The third-order valence-electron chi connectivity index (χ3n) is 3.53. The first-order valence-corrected chi connectivity index (χ1v) is 6.00. The van der Waals surface area contributed by atoms with E-state index in [0.717, 1.165) is 30.8 Å². The van der Waals surface area contributed by atoms with Gasteiger partial charge in [0.05, 0.1) is 5.69 Å². The van der Waals surface area contributed by atoms with Crippen LogP contribution in [0.1, 0.15) is 11.3 Å². The third kappa shape index (κ3) is 1.90. The lowest BCUT2D eigenvalue weighted by Crippen LogP contribution is -2.58. The van der Waals surface area contributed by atoms with Gasteiger partial charge in [-0.3, -0.25) is 4.68 Å². The Morgan fingerprint density at radius 3 is 2.83 bits per heavy atom. The highest BCUT2D eigenvalue weighted by molar-refractivity contribution is 5.32. The average Bonchev–Trinajstić information content (AvgIpc) is 2.69. The Morgan fingerprint density at radius 1 is 1.44 bits per heavy atom. The summed E-state index contributed by atoms with van der Waals surface area (Å²) in [5.74, 6) is -0.182. The average molecular weight is 246 g/mol. The summed E-state index contributed by atoms with van der Waals surface area (Å²) in [7, 11) is 1.85. The Labute approximate surface area is 105 Å². The summed E-state index contributed by atoms with van der Waals surface area (Å²) in [5, 5.41) is 11.3. The van der Waals surface area contributed by atoms with E-state index in [1.165, 1.54) is 6.07 Å². The number of aryl methyl sites for hydroxylation is 1. The maximum Gasteiger partial charge on any atom is 0.123 e. The summed E-state index contributed by atoms with van der Waals surface area (Å²) in [6.45, 7) is 1.71. The highest BCUT2D eigenvalue weighted by atomic mass is 19.1. The molecule has 5 heteroatoms. The van der Waals surface area contributed by atoms with Crippen LogP contribution in [0.3, 0.4) is 0 Å². The van der Waals surface area contributed by atoms with Gasteiger partial charge in [0.2, 0.25) is 0 Å². The number of aromatic nitrogens is 3. The van der Waals surface area contributed by atoms with E-state index in [1.54, 1.807) is 16.8 Å². The molecule has 2 heterocycles. The minimum atomic E-state index is -0.182. The second-order valence-electron chi connectivity index (χ2n) is 4.95. The zero-order chi connectivity index (χ0) is 12.6. The largest absolute Gasteiger partial charge is 0.315 e. The molecule has 1 aromatic heterocycles. The zero-order valence-corrected chi connectivity index (χ0v) is 10.2. The molecule has 0 atom stereocenters. The van der Waals surface area contributed by atoms with E-state index in [2.05, 4.69) is 15.6 Å². The van der Waals surface area contributed by atoms with Gasteiger partial charge in [0.15, 0.2) is 0 Å². The molecule has 0 saturated carbocycles. The van der Waals surface area contributed by atoms with Crippen LogP contribution in [0, 0.1) is 5.82 Å². The number of benzene rings is 1. The summed E-state index contributed by atoms with van der Waals surface area (Å²) in [5.41, 5.74) is 1.94. The van der Waals surface area contributed by atoms with E-state index in [0.29, 0.717) is 0 Å². The fraction of sp³-hybridized carbons (Fsp3) is 0.385. The van der Waals surface area contributed by atoms with Crippen LogP contribution in [0.25, 0.3) is 0 Å². The van der Waals surface area contributed by atoms with E-state index in [9.17, 15) is 4.39 Å². The standard InChI is InChI=1S/C13H15FN4/c1-18-7-12(16-17-18)6-13(8-15-9-13)10-3-2-4-11(14)5-10/h2-5,7,15H,6,8-9H2,1H3. The molecule has 1 aromatic carbocycles. The van der Waals surface area contributed by atoms with Crippen molar-refractivity contribution in [1.29, 1.82) is 0 Å². The maximum atomic E-state index is 13.3. The highest BCUT2D eigenvalue weighted by Crippen LogP contribution is 2.32. The van der Waals surface area contributed by atoms with Crippen molar-refractivity contribution in [3.8, 4) is 0 Å². The molecule has 0 bridgehead atoms. The lowest BCUT2D eigenvalue weighted by atomic mass is 9.72. The quantitative estimate of drug-likeness (QED) is 0.880. The van der Waals surface area contributed by atoms with Crippen molar-refractivity contribution in [3.63, 3.8) is 0 Å². The Kier molecular flexibility index (Phi) is 2.63. The molecule has 0 unspecified atom stereocenters. The second kappa shape index (κ2) is 4.17. The van der Waals surface area contributed by atoms with Crippen LogP contribution in [0.5, 0.6) is 0 Å². The predicted octanol–water partition coefficient (Wildman–Crippen LogP) is 1.04.